The molecule has 1 aliphatic carbocycles. The molecule has 21 heavy (non-hydrogen) atoms. The first kappa shape index (κ1) is 12.7. The first-order valence-corrected chi connectivity index (χ1v) is 7.39. The maximum Gasteiger partial charge on any atom is 0.233 e. The molecule has 4 rings (SSSR count). The average molecular weight is 301 g/mol. The van der Waals surface area contributed by atoms with E-state index >= 15 is 0 Å². The molecule has 0 N–H and O–H groups in total. The zero-order valence-corrected chi connectivity index (χ0v) is 12.6. The number of hydrogen-bond acceptors (Lipinski definition) is 2. The molecule has 3 aliphatic rings. The Morgan fingerprint density at radius 2 is 1.81 bits per heavy atom. The minimum Gasteiger partial charge on any atom is -0.454 e. The van der Waals surface area contributed by atoms with Crippen molar-refractivity contribution in [2.75, 3.05) is 6.79 Å². The van der Waals surface area contributed by atoms with E-state index in [4.69, 9.17) is 21.1 Å². The molecule has 0 saturated carbocycles. The maximum atomic E-state index is 6.59. The van der Waals surface area contributed by atoms with Gasteiger partial charge in [0.1, 0.15) is 5.02 Å². The number of hydrogen-bond donors (Lipinski definition) is 0. The first-order chi connectivity index (χ1) is 10.2. The molecule has 0 atom stereocenters. The molecule has 0 spiro atoms. The topological polar surface area (TPSA) is 22.3 Å². The van der Waals surface area contributed by atoms with E-state index in [9.17, 15) is 0 Å². The third-order valence-electron chi connectivity index (χ3n) is 3.90. The smallest absolute Gasteiger partial charge is 0.233 e. The van der Waals surface area contributed by atoms with Crippen LogP contribution in [0.3, 0.4) is 0 Å². The summed E-state index contributed by atoms with van der Waals surface area (Å²) in [5, 5.41) is 1.86. The van der Waals surface area contributed by atoms with Gasteiger partial charge >= 0.3 is 0 Å². The van der Waals surface area contributed by atoms with Crippen molar-refractivity contribution in [1.29, 1.82) is 0 Å². The van der Waals surface area contributed by atoms with Gasteiger partial charge in [0.15, 0.2) is 17.5 Å². The molecule has 0 aromatic heterocycles. The third-order valence-corrected chi connectivity index (χ3v) is 4.19. The minimum absolute atomic E-state index is 0.250. The van der Waals surface area contributed by atoms with Crippen molar-refractivity contribution in [3.05, 3.63) is 41.4 Å². The van der Waals surface area contributed by atoms with Crippen molar-refractivity contribution in [2.45, 2.75) is 19.9 Å². The summed E-state index contributed by atoms with van der Waals surface area (Å²) >= 11 is 6.59. The Kier molecular flexibility index (Phi) is 2.73. The lowest BCUT2D eigenvalue weighted by Gasteiger charge is -2.02. The van der Waals surface area contributed by atoms with E-state index in [-0.39, 0.29) is 6.79 Å². The van der Waals surface area contributed by atoms with Gasteiger partial charge in [-0.1, -0.05) is 23.7 Å². The van der Waals surface area contributed by atoms with Crippen LogP contribution >= 0.6 is 11.6 Å². The average Bonchev–Trinajstić information content (AvgIpc) is 2.99. The molecular formula is C17H15ClNO2+. The van der Waals surface area contributed by atoms with Gasteiger partial charge in [-0.25, -0.2) is 0 Å². The summed E-state index contributed by atoms with van der Waals surface area (Å²) in [6, 6.07) is 12.5. The van der Waals surface area contributed by atoms with E-state index in [2.05, 4.69) is 36.6 Å². The first-order valence-electron chi connectivity index (χ1n) is 7.02. The lowest BCUT2D eigenvalue weighted by molar-refractivity contribution is -0.678. The second kappa shape index (κ2) is 4.50. The standard InChI is InChI=1S/C17H15ClNO2/c1-10(2)19-14-6-4-3-5-11(14)12-7-15-16(21-9-20-15)8-13(18)17(12)19/h3-8,10H,9H2,1-2H3/q+1. The fourth-order valence-electron chi connectivity index (χ4n) is 3.05. The Hall–Kier alpha value is -2.00. The predicted molar refractivity (Wildman–Crippen MR) is 82.3 cm³/mol. The molecule has 106 valence electrons. The van der Waals surface area contributed by atoms with Crippen LogP contribution in [0.25, 0.3) is 22.2 Å². The van der Waals surface area contributed by atoms with Crippen molar-refractivity contribution < 1.29 is 14.0 Å². The zero-order chi connectivity index (χ0) is 14.6. The molecule has 0 radical (unpaired) electrons. The highest BCUT2D eigenvalue weighted by Gasteiger charge is 2.31. The fraction of sp³-hybridized carbons (Fsp3) is 0.235. The van der Waals surface area contributed by atoms with Crippen LogP contribution in [0, 0.1) is 0 Å². The predicted octanol–water partition coefficient (Wildman–Crippen LogP) is 4.20. The van der Waals surface area contributed by atoms with Gasteiger partial charge in [-0.15, -0.1) is 0 Å². The van der Waals surface area contributed by atoms with Gasteiger partial charge in [-0.3, -0.25) is 0 Å². The maximum absolute atomic E-state index is 6.59. The monoisotopic (exact) mass is 300 g/mol. The lowest BCUT2D eigenvalue weighted by Crippen LogP contribution is -2.36. The molecule has 0 fully saturated rings. The summed E-state index contributed by atoms with van der Waals surface area (Å²) in [5.74, 6) is 1.45. The SMILES string of the molecule is CC(C)[n+]1c2c(Cl)cc3c(cc-2c2ccccc21)OCO3. The van der Waals surface area contributed by atoms with Crippen LogP contribution in [0.1, 0.15) is 19.9 Å². The number of rotatable bonds is 1. The molecule has 0 unspecified atom stereocenters. The second-order valence-corrected chi connectivity index (χ2v) is 5.92. The van der Waals surface area contributed by atoms with Crippen LogP contribution in [-0.2, 0) is 0 Å². The fourth-order valence-corrected chi connectivity index (χ4v) is 3.35. The van der Waals surface area contributed by atoms with E-state index < -0.39 is 0 Å². The molecule has 0 bridgehead atoms. The number of fused-ring (bicyclic) bond motifs is 4. The zero-order valence-electron chi connectivity index (χ0n) is 11.9. The van der Waals surface area contributed by atoms with Crippen LogP contribution in [0.15, 0.2) is 36.4 Å². The highest BCUT2D eigenvalue weighted by Crippen LogP contribution is 2.42. The number of benzene rings is 1. The molecule has 4 heteroatoms. The van der Waals surface area contributed by atoms with Crippen molar-refractivity contribution in [2.24, 2.45) is 0 Å². The summed E-state index contributed by atoms with van der Waals surface area (Å²) in [7, 11) is 0. The highest BCUT2D eigenvalue weighted by atomic mass is 35.5. The van der Waals surface area contributed by atoms with Crippen LogP contribution in [0.4, 0.5) is 0 Å². The summed E-state index contributed by atoms with van der Waals surface area (Å²) in [5.41, 5.74) is 3.30. The van der Waals surface area contributed by atoms with E-state index in [1.165, 1.54) is 10.9 Å². The Morgan fingerprint density at radius 3 is 2.57 bits per heavy atom. The van der Waals surface area contributed by atoms with Gasteiger partial charge in [0.2, 0.25) is 18.0 Å². The Morgan fingerprint density at radius 1 is 1.10 bits per heavy atom. The second-order valence-electron chi connectivity index (χ2n) is 5.51. The lowest BCUT2D eigenvalue weighted by atomic mass is 10.1. The largest absolute Gasteiger partial charge is 0.454 e. The molecule has 2 aliphatic heterocycles. The molecule has 1 aromatic carbocycles. The van der Waals surface area contributed by atoms with Crippen LogP contribution < -0.4 is 14.0 Å². The Balaban J connectivity index is 2.21. The van der Waals surface area contributed by atoms with Gasteiger partial charge in [-0.2, -0.15) is 4.57 Å². The van der Waals surface area contributed by atoms with Crippen molar-refractivity contribution in [1.82, 2.24) is 0 Å². The van der Waals surface area contributed by atoms with Gasteiger partial charge in [-0.05, 0) is 26.0 Å². The minimum atomic E-state index is 0.250. The van der Waals surface area contributed by atoms with Crippen LogP contribution in [0.5, 0.6) is 11.5 Å². The Bertz CT molecular complexity index is 829. The van der Waals surface area contributed by atoms with Crippen molar-refractivity contribution in [3.63, 3.8) is 0 Å². The summed E-state index contributed by atoms with van der Waals surface area (Å²) in [6.07, 6.45) is 0. The van der Waals surface area contributed by atoms with Crippen LogP contribution in [0.2, 0.25) is 5.02 Å². The van der Waals surface area contributed by atoms with E-state index in [0.29, 0.717) is 16.8 Å². The number of aromatic nitrogens is 1. The molecular weight excluding hydrogens is 286 g/mol. The number of ether oxygens (including phenoxy) is 2. The van der Waals surface area contributed by atoms with E-state index in [0.717, 1.165) is 17.0 Å². The molecule has 2 heterocycles. The number of para-hydroxylation sites is 1. The van der Waals surface area contributed by atoms with Gasteiger partial charge < -0.3 is 9.47 Å². The number of nitrogens with zero attached hydrogens (tertiary/aromatic N) is 1. The third kappa shape index (κ3) is 1.77. The molecule has 1 aromatic rings. The molecule has 0 amide bonds. The quantitative estimate of drug-likeness (QED) is 0.629. The van der Waals surface area contributed by atoms with Gasteiger partial charge in [0.05, 0.1) is 10.9 Å². The van der Waals surface area contributed by atoms with Crippen molar-refractivity contribution in [3.8, 4) is 22.8 Å². The highest BCUT2D eigenvalue weighted by molar-refractivity contribution is 6.33. The van der Waals surface area contributed by atoms with E-state index in [1.54, 1.807) is 0 Å². The Labute approximate surface area is 128 Å². The van der Waals surface area contributed by atoms with E-state index in [1.807, 2.05) is 18.2 Å². The van der Waals surface area contributed by atoms with Crippen molar-refractivity contribution >= 4 is 22.5 Å². The summed E-state index contributed by atoms with van der Waals surface area (Å²) in [4.78, 5) is 0. The summed E-state index contributed by atoms with van der Waals surface area (Å²) < 4.78 is 13.3. The van der Waals surface area contributed by atoms with Crippen LogP contribution in [-0.4, -0.2) is 6.79 Å². The van der Waals surface area contributed by atoms with Gasteiger partial charge in [0, 0.05) is 12.1 Å². The van der Waals surface area contributed by atoms with Gasteiger partial charge in [0.25, 0.3) is 0 Å². The summed E-state index contributed by atoms with van der Waals surface area (Å²) in [6.45, 7) is 4.58. The number of halogens is 1. The molecule has 3 nitrogen and oxygen atoms in total. The normalized spacial score (nSPS) is 13.5. The molecule has 0 saturated heterocycles.